The third-order valence-electron chi connectivity index (χ3n) is 3.33. The molecule has 1 heterocycles. The molecule has 0 aliphatic rings. The second-order valence-electron chi connectivity index (χ2n) is 4.86. The highest BCUT2D eigenvalue weighted by Gasteiger charge is 2.17. The fraction of sp³-hybridized carbons (Fsp3) is 0.176. The highest BCUT2D eigenvalue weighted by Crippen LogP contribution is 2.29. The number of alkyl halides is 2. The van der Waals surface area contributed by atoms with Crippen molar-refractivity contribution in [3.63, 3.8) is 0 Å². The Bertz CT molecular complexity index is 872. The lowest BCUT2D eigenvalue weighted by atomic mass is 10.2. The summed E-state index contributed by atoms with van der Waals surface area (Å²) < 4.78 is 33.1. The van der Waals surface area contributed by atoms with Crippen molar-refractivity contribution in [3.8, 4) is 11.8 Å². The molecule has 122 valence electrons. The molecular weight excluding hydrogens is 332 g/mol. The van der Waals surface area contributed by atoms with E-state index in [1.807, 2.05) is 6.07 Å². The number of halogens is 2. The Kier molecular flexibility index (Phi) is 4.96. The maximum atomic E-state index is 13.3. The maximum absolute atomic E-state index is 13.3. The first-order chi connectivity index (χ1) is 11.7. The van der Waals surface area contributed by atoms with Crippen molar-refractivity contribution in [2.24, 2.45) is 0 Å². The van der Waals surface area contributed by atoms with Crippen LogP contribution >= 0.6 is 11.8 Å². The van der Waals surface area contributed by atoms with Crippen LogP contribution in [0.1, 0.15) is 12.1 Å². The highest BCUT2D eigenvalue weighted by atomic mass is 32.2. The summed E-state index contributed by atoms with van der Waals surface area (Å²) in [6.45, 7) is -2.29. The Balaban J connectivity index is 1.63. The molecule has 7 heteroatoms. The fourth-order valence-corrected chi connectivity index (χ4v) is 3.06. The lowest BCUT2D eigenvalue weighted by Crippen LogP contribution is -2.04. The Labute approximate surface area is 141 Å². The molecule has 0 radical (unpaired) electrons. The monoisotopic (exact) mass is 345 g/mol. The van der Waals surface area contributed by atoms with Crippen molar-refractivity contribution in [2.75, 3.05) is 12.4 Å². The number of fused-ring (bicyclic) bond motifs is 1. The van der Waals surface area contributed by atoms with Gasteiger partial charge in [-0.05, 0) is 36.4 Å². The molecule has 0 amide bonds. The van der Waals surface area contributed by atoms with Crippen LogP contribution in [-0.4, -0.2) is 21.9 Å². The van der Waals surface area contributed by atoms with Crippen molar-refractivity contribution < 1.29 is 13.5 Å². The average Bonchev–Trinajstić information content (AvgIpc) is 2.97. The summed E-state index contributed by atoms with van der Waals surface area (Å²) in [5.74, 6) is 1.12. The number of nitriles is 1. The summed E-state index contributed by atoms with van der Waals surface area (Å²) in [6.07, 6.45) is 0. The molecule has 0 fully saturated rings. The van der Waals surface area contributed by atoms with Gasteiger partial charge < -0.3 is 4.74 Å². The van der Waals surface area contributed by atoms with E-state index in [9.17, 15) is 8.78 Å². The first-order valence-corrected chi connectivity index (χ1v) is 8.18. The van der Waals surface area contributed by atoms with E-state index in [1.165, 1.54) is 11.8 Å². The van der Waals surface area contributed by atoms with Crippen LogP contribution < -0.4 is 4.74 Å². The zero-order valence-electron chi connectivity index (χ0n) is 12.5. The van der Waals surface area contributed by atoms with Gasteiger partial charge in [-0.25, -0.2) is 4.98 Å². The number of hydrogen-bond acceptors (Lipinski definition) is 4. The summed E-state index contributed by atoms with van der Waals surface area (Å²) in [7, 11) is 0. The van der Waals surface area contributed by atoms with Gasteiger partial charge in [0.2, 0.25) is 0 Å². The minimum absolute atomic E-state index is 0.273. The van der Waals surface area contributed by atoms with Gasteiger partial charge in [0.15, 0.2) is 5.16 Å². The van der Waals surface area contributed by atoms with Crippen molar-refractivity contribution in [1.82, 2.24) is 9.55 Å². The molecule has 3 rings (SSSR count). The highest BCUT2D eigenvalue weighted by molar-refractivity contribution is 7.99. The first kappa shape index (κ1) is 16.3. The Morgan fingerprint density at radius 3 is 2.62 bits per heavy atom. The van der Waals surface area contributed by atoms with E-state index >= 15 is 0 Å². The smallest absolute Gasteiger partial charge is 0.321 e. The normalized spacial score (nSPS) is 10.9. The Morgan fingerprint density at radius 1 is 1.17 bits per heavy atom. The molecule has 0 saturated carbocycles. The van der Waals surface area contributed by atoms with E-state index in [1.54, 1.807) is 48.5 Å². The third-order valence-corrected chi connectivity index (χ3v) is 4.24. The topological polar surface area (TPSA) is 50.8 Å². The first-order valence-electron chi connectivity index (χ1n) is 7.20. The number of hydrogen-bond donors (Lipinski definition) is 0. The van der Waals surface area contributed by atoms with Gasteiger partial charge in [-0.3, -0.25) is 4.57 Å². The molecule has 0 atom stereocenters. The molecular formula is C17H13F2N3OS. The molecule has 0 spiro atoms. The second-order valence-corrected chi connectivity index (χ2v) is 5.93. The summed E-state index contributed by atoms with van der Waals surface area (Å²) >= 11 is 1.22. The van der Waals surface area contributed by atoms with E-state index in [0.29, 0.717) is 34.7 Å². The number of thioether (sulfide) groups is 1. The Morgan fingerprint density at radius 2 is 1.92 bits per heavy atom. The van der Waals surface area contributed by atoms with Gasteiger partial charge in [0, 0.05) is 5.75 Å². The van der Waals surface area contributed by atoms with Crippen molar-refractivity contribution >= 4 is 22.8 Å². The molecule has 0 aliphatic heterocycles. The van der Waals surface area contributed by atoms with Crippen LogP contribution in [0, 0.1) is 11.3 Å². The van der Waals surface area contributed by atoms with Crippen molar-refractivity contribution in [1.29, 1.82) is 5.26 Å². The molecule has 0 bridgehead atoms. The molecule has 1 aromatic heterocycles. The zero-order chi connectivity index (χ0) is 16.9. The molecule has 3 aromatic rings. The molecule has 24 heavy (non-hydrogen) atoms. The number of para-hydroxylation sites is 2. The van der Waals surface area contributed by atoms with Gasteiger partial charge in [0.25, 0.3) is 0 Å². The lowest BCUT2D eigenvalue weighted by Gasteiger charge is -2.08. The minimum Gasteiger partial charge on any atom is -0.493 e. The van der Waals surface area contributed by atoms with Crippen LogP contribution in [0.15, 0.2) is 53.7 Å². The van der Waals surface area contributed by atoms with Crippen molar-refractivity contribution in [3.05, 3.63) is 54.1 Å². The van der Waals surface area contributed by atoms with Crippen LogP contribution in [0.4, 0.5) is 8.78 Å². The molecule has 0 N–H and O–H groups in total. The number of nitrogens with zero attached hydrogens (tertiary/aromatic N) is 3. The van der Waals surface area contributed by atoms with Crippen LogP contribution in [0.2, 0.25) is 0 Å². The van der Waals surface area contributed by atoms with Gasteiger partial charge in [-0.1, -0.05) is 23.9 Å². The van der Waals surface area contributed by atoms with Gasteiger partial charge >= 0.3 is 6.55 Å². The minimum atomic E-state index is -2.64. The van der Waals surface area contributed by atoms with E-state index in [4.69, 9.17) is 10.00 Å². The van der Waals surface area contributed by atoms with Gasteiger partial charge in [-0.2, -0.15) is 14.0 Å². The number of imidazole rings is 1. The molecule has 2 aromatic carbocycles. The third kappa shape index (κ3) is 3.49. The maximum Gasteiger partial charge on any atom is 0.321 e. The summed E-state index contributed by atoms with van der Waals surface area (Å²) in [6, 6.07) is 15.6. The van der Waals surface area contributed by atoms with Crippen molar-refractivity contribution in [2.45, 2.75) is 11.7 Å². The van der Waals surface area contributed by atoms with E-state index in [2.05, 4.69) is 4.98 Å². The molecule has 0 saturated heterocycles. The standard InChI is InChI=1S/C17H13F2N3OS/c18-16(19)22-15-4-2-1-3-14(15)21-17(22)24-10-9-23-13-7-5-12(11-20)6-8-13/h1-8,16H,9-10H2. The fourth-order valence-electron chi connectivity index (χ4n) is 2.23. The van der Waals surface area contributed by atoms with Crippen LogP contribution in [0.5, 0.6) is 5.75 Å². The SMILES string of the molecule is N#Cc1ccc(OCCSc2nc3ccccc3n2C(F)F)cc1. The second kappa shape index (κ2) is 7.32. The largest absolute Gasteiger partial charge is 0.493 e. The van der Waals surface area contributed by atoms with Crippen LogP contribution in [0.25, 0.3) is 11.0 Å². The molecule has 0 unspecified atom stereocenters. The summed E-state index contributed by atoms with van der Waals surface area (Å²) in [4.78, 5) is 4.26. The van der Waals surface area contributed by atoms with Crippen LogP contribution in [-0.2, 0) is 0 Å². The van der Waals surface area contributed by atoms with E-state index in [-0.39, 0.29) is 5.16 Å². The molecule has 0 aliphatic carbocycles. The average molecular weight is 345 g/mol. The van der Waals surface area contributed by atoms with Crippen LogP contribution in [0.3, 0.4) is 0 Å². The number of ether oxygens (including phenoxy) is 1. The number of rotatable bonds is 6. The Hall–Kier alpha value is -2.59. The van der Waals surface area contributed by atoms with Gasteiger partial charge in [-0.15, -0.1) is 0 Å². The predicted molar refractivity (Wildman–Crippen MR) is 88.4 cm³/mol. The van der Waals surface area contributed by atoms with E-state index < -0.39 is 6.55 Å². The lowest BCUT2D eigenvalue weighted by molar-refractivity contribution is 0.0656. The van der Waals surface area contributed by atoms with Gasteiger partial charge in [0.05, 0.1) is 29.3 Å². The summed E-state index contributed by atoms with van der Waals surface area (Å²) in [5.41, 5.74) is 1.53. The predicted octanol–water partition coefficient (Wildman–Crippen LogP) is 4.47. The number of benzene rings is 2. The van der Waals surface area contributed by atoms with Gasteiger partial charge in [0.1, 0.15) is 5.75 Å². The van der Waals surface area contributed by atoms with E-state index in [0.717, 1.165) is 4.57 Å². The number of aromatic nitrogens is 2. The summed E-state index contributed by atoms with van der Waals surface area (Å²) in [5, 5.41) is 9.01. The molecule has 4 nitrogen and oxygen atoms in total. The quantitative estimate of drug-likeness (QED) is 0.488. The zero-order valence-corrected chi connectivity index (χ0v) is 13.3.